The van der Waals surface area contributed by atoms with Crippen LogP contribution in [-0.2, 0) is 16.1 Å². The zero-order valence-corrected chi connectivity index (χ0v) is 12.8. The normalized spacial score (nSPS) is 25.1. The van der Waals surface area contributed by atoms with Gasteiger partial charge in [0, 0.05) is 33.1 Å². The van der Waals surface area contributed by atoms with E-state index in [0.717, 1.165) is 31.4 Å². The standard InChI is InChI=1S/C17H21FN2O2/c1-13(21)20-8-3-6-17(12-20)7-9-19(16(17)22)11-14-4-2-5-15(18)10-14/h2,4-5,10H,3,6-9,11-12H2,1H3/t17-/m0/s1. The molecule has 4 nitrogen and oxygen atoms in total. The minimum atomic E-state index is -0.419. The van der Waals surface area contributed by atoms with Crippen LogP contribution in [0.1, 0.15) is 31.7 Å². The van der Waals surface area contributed by atoms with Gasteiger partial charge in [0.15, 0.2) is 0 Å². The molecule has 118 valence electrons. The van der Waals surface area contributed by atoms with Crippen molar-refractivity contribution in [3.8, 4) is 0 Å². The average Bonchev–Trinajstić information content (AvgIpc) is 2.77. The van der Waals surface area contributed by atoms with Gasteiger partial charge in [0.1, 0.15) is 5.82 Å². The Morgan fingerprint density at radius 3 is 2.86 bits per heavy atom. The molecule has 2 aliphatic heterocycles. The fraction of sp³-hybridized carbons (Fsp3) is 0.529. The summed E-state index contributed by atoms with van der Waals surface area (Å²) in [6.07, 6.45) is 2.50. The number of carbonyl (C=O) groups excluding carboxylic acids is 2. The topological polar surface area (TPSA) is 40.6 Å². The highest BCUT2D eigenvalue weighted by Crippen LogP contribution is 2.40. The summed E-state index contributed by atoms with van der Waals surface area (Å²) in [5.41, 5.74) is 0.390. The van der Waals surface area contributed by atoms with Crippen molar-refractivity contribution in [2.75, 3.05) is 19.6 Å². The monoisotopic (exact) mass is 304 g/mol. The van der Waals surface area contributed by atoms with Crippen molar-refractivity contribution < 1.29 is 14.0 Å². The lowest BCUT2D eigenvalue weighted by molar-refractivity contribution is -0.142. The molecule has 3 rings (SSSR count). The molecule has 0 aliphatic carbocycles. The number of benzene rings is 1. The molecule has 2 amide bonds. The Bertz CT molecular complexity index is 604. The highest BCUT2D eigenvalue weighted by molar-refractivity contribution is 5.86. The molecular formula is C17H21FN2O2. The molecule has 1 spiro atoms. The highest BCUT2D eigenvalue weighted by Gasteiger charge is 2.49. The van der Waals surface area contributed by atoms with Crippen molar-refractivity contribution in [3.05, 3.63) is 35.6 Å². The molecule has 0 saturated carbocycles. The van der Waals surface area contributed by atoms with Gasteiger partial charge in [0.25, 0.3) is 0 Å². The lowest BCUT2D eigenvalue weighted by Gasteiger charge is -2.38. The summed E-state index contributed by atoms with van der Waals surface area (Å²) < 4.78 is 13.3. The maximum Gasteiger partial charge on any atom is 0.230 e. The van der Waals surface area contributed by atoms with Gasteiger partial charge in [0.05, 0.1) is 5.41 Å². The van der Waals surface area contributed by atoms with Gasteiger partial charge < -0.3 is 9.80 Å². The number of likely N-dealkylation sites (tertiary alicyclic amines) is 2. The summed E-state index contributed by atoms with van der Waals surface area (Å²) in [6.45, 7) is 3.96. The van der Waals surface area contributed by atoms with Crippen LogP contribution in [0.4, 0.5) is 4.39 Å². The molecule has 1 atom stereocenters. The van der Waals surface area contributed by atoms with Crippen LogP contribution in [0.5, 0.6) is 0 Å². The summed E-state index contributed by atoms with van der Waals surface area (Å²) in [7, 11) is 0. The molecule has 0 aromatic heterocycles. The zero-order chi connectivity index (χ0) is 15.7. The number of nitrogens with zero attached hydrogens (tertiary/aromatic N) is 2. The van der Waals surface area contributed by atoms with Gasteiger partial charge in [-0.15, -0.1) is 0 Å². The van der Waals surface area contributed by atoms with Crippen LogP contribution in [0.25, 0.3) is 0 Å². The third-order valence-corrected chi connectivity index (χ3v) is 4.89. The molecule has 0 bridgehead atoms. The van der Waals surface area contributed by atoms with Crippen LogP contribution in [0.3, 0.4) is 0 Å². The van der Waals surface area contributed by atoms with Crippen molar-refractivity contribution in [3.63, 3.8) is 0 Å². The third kappa shape index (κ3) is 2.72. The van der Waals surface area contributed by atoms with Crippen LogP contribution in [0.15, 0.2) is 24.3 Å². The minimum absolute atomic E-state index is 0.0375. The number of carbonyl (C=O) groups is 2. The predicted octanol–water partition coefficient (Wildman–Crippen LogP) is 2.19. The van der Waals surface area contributed by atoms with E-state index >= 15 is 0 Å². The Morgan fingerprint density at radius 1 is 1.32 bits per heavy atom. The van der Waals surface area contributed by atoms with E-state index in [4.69, 9.17) is 0 Å². The maximum absolute atomic E-state index is 13.3. The van der Waals surface area contributed by atoms with Gasteiger partial charge >= 0.3 is 0 Å². The second-order valence-electron chi connectivity index (χ2n) is 6.43. The van der Waals surface area contributed by atoms with E-state index in [0.29, 0.717) is 19.6 Å². The zero-order valence-electron chi connectivity index (χ0n) is 12.8. The smallest absolute Gasteiger partial charge is 0.230 e. The van der Waals surface area contributed by atoms with Crippen LogP contribution in [-0.4, -0.2) is 41.2 Å². The maximum atomic E-state index is 13.3. The number of halogens is 1. The van der Waals surface area contributed by atoms with Crippen molar-refractivity contribution in [2.24, 2.45) is 5.41 Å². The number of rotatable bonds is 2. The van der Waals surface area contributed by atoms with Crippen molar-refractivity contribution in [1.82, 2.24) is 9.80 Å². The summed E-state index contributed by atoms with van der Waals surface area (Å²) in [5.74, 6) is -0.127. The van der Waals surface area contributed by atoms with Crippen LogP contribution in [0.2, 0.25) is 0 Å². The van der Waals surface area contributed by atoms with E-state index in [-0.39, 0.29) is 17.6 Å². The van der Waals surface area contributed by atoms with Crippen molar-refractivity contribution in [2.45, 2.75) is 32.7 Å². The summed E-state index contributed by atoms with van der Waals surface area (Å²) >= 11 is 0. The first-order valence-electron chi connectivity index (χ1n) is 7.79. The van der Waals surface area contributed by atoms with Gasteiger partial charge in [0.2, 0.25) is 11.8 Å². The quantitative estimate of drug-likeness (QED) is 0.840. The van der Waals surface area contributed by atoms with Crippen LogP contribution in [0, 0.1) is 11.2 Å². The number of hydrogen-bond acceptors (Lipinski definition) is 2. The second-order valence-corrected chi connectivity index (χ2v) is 6.43. The summed E-state index contributed by atoms with van der Waals surface area (Å²) in [5, 5.41) is 0. The fourth-order valence-corrected chi connectivity index (χ4v) is 3.68. The van der Waals surface area contributed by atoms with E-state index in [1.54, 1.807) is 22.8 Å². The van der Waals surface area contributed by atoms with Crippen LogP contribution < -0.4 is 0 Å². The Hall–Kier alpha value is -1.91. The molecule has 2 fully saturated rings. The molecule has 2 aliphatic rings. The van der Waals surface area contributed by atoms with Gasteiger partial charge in [-0.2, -0.15) is 0 Å². The highest BCUT2D eigenvalue weighted by atomic mass is 19.1. The lowest BCUT2D eigenvalue weighted by Crippen LogP contribution is -2.49. The van der Waals surface area contributed by atoms with E-state index in [9.17, 15) is 14.0 Å². The first kappa shape index (κ1) is 15.0. The van der Waals surface area contributed by atoms with Gasteiger partial charge in [-0.25, -0.2) is 4.39 Å². The molecule has 1 aromatic rings. The molecule has 0 unspecified atom stereocenters. The van der Waals surface area contributed by atoms with Crippen molar-refractivity contribution >= 4 is 11.8 Å². The first-order valence-corrected chi connectivity index (χ1v) is 7.79. The minimum Gasteiger partial charge on any atom is -0.342 e. The average molecular weight is 304 g/mol. The summed E-state index contributed by atoms with van der Waals surface area (Å²) in [6, 6.07) is 6.38. The van der Waals surface area contributed by atoms with Gasteiger partial charge in [-0.3, -0.25) is 9.59 Å². The summed E-state index contributed by atoms with van der Waals surface area (Å²) in [4.78, 5) is 28.0. The SMILES string of the molecule is CC(=O)N1CCC[C@]2(CCN(Cc3cccc(F)c3)C2=O)C1. The Balaban J connectivity index is 1.73. The molecule has 1 aromatic carbocycles. The fourth-order valence-electron chi connectivity index (χ4n) is 3.68. The predicted molar refractivity (Wildman–Crippen MR) is 80.4 cm³/mol. The van der Waals surface area contributed by atoms with Gasteiger partial charge in [-0.1, -0.05) is 12.1 Å². The van der Waals surface area contributed by atoms with E-state index in [2.05, 4.69) is 0 Å². The molecule has 5 heteroatoms. The van der Waals surface area contributed by atoms with E-state index in [1.165, 1.54) is 12.1 Å². The number of amides is 2. The lowest BCUT2D eigenvalue weighted by atomic mass is 9.78. The Morgan fingerprint density at radius 2 is 2.14 bits per heavy atom. The molecule has 2 heterocycles. The van der Waals surface area contributed by atoms with E-state index in [1.807, 2.05) is 6.07 Å². The van der Waals surface area contributed by atoms with Crippen LogP contribution >= 0.6 is 0 Å². The number of hydrogen-bond donors (Lipinski definition) is 0. The Kier molecular flexibility index (Phi) is 3.89. The van der Waals surface area contributed by atoms with Gasteiger partial charge in [-0.05, 0) is 37.0 Å². The van der Waals surface area contributed by atoms with Crippen molar-refractivity contribution in [1.29, 1.82) is 0 Å². The largest absolute Gasteiger partial charge is 0.342 e. The third-order valence-electron chi connectivity index (χ3n) is 4.89. The molecule has 0 N–H and O–H groups in total. The first-order chi connectivity index (χ1) is 10.5. The molecular weight excluding hydrogens is 283 g/mol. The van der Waals surface area contributed by atoms with E-state index < -0.39 is 5.41 Å². The Labute approximate surface area is 129 Å². The second kappa shape index (κ2) is 5.71. The molecule has 22 heavy (non-hydrogen) atoms. The molecule has 2 saturated heterocycles. The molecule has 0 radical (unpaired) electrons. The number of piperidine rings is 1.